The topological polar surface area (TPSA) is 73.5 Å². The largest absolute Gasteiger partial charge is 0.342 e. The first-order valence-electron chi connectivity index (χ1n) is 9.64. The number of Topliss-reactive ketones (excluding diaryl/α,β-unsaturated/α-hetero) is 1. The van der Waals surface area contributed by atoms with Crippen molar-refractivity contribution in [3.05, 3.63) is 70.2 Å². The van der Waals surface area contributed by atoms with Gasteiger partial charge in [-0.15, -0.1) is 0 Å². The highest BCUT2D eigenvalue weighted by atomic mass is 35.5. The van der Waals surface area contributed by atoms with E-state index in [1.54, 1.807) is 23.1 Å². The lowest BCUT2D eigenvalue weighted by Gasteiger charge is -2.31. The van der Waals surface area contributed by atoms with Gasteiger partial charge in [-0.3, -0.25) is 14.6 Å². The molecule has 2 atom stereocenters. The second-order valence-corrected chi connectivity index (χ2v) is 7.22. The lowest BCUT2D eigenvalue weighted by atomic mass is 9.79. The average Bonchev–Trinajstić information content (AvgIpc) is 2.74. The van der Waals surface area contributed by atoms with Crippen molar-refractivity contribution in [1.82, 2.24) is 4.90 Å². The van der Waals surface area contributed by atoms with Crippen LogP contribution < -0.4 is 0 Å². The first-order chi connectivity index (χ1) is 14.0. The Morgan fingerprint density at radius 3 is 2.48 bits per heavy atom. The number of benzene rings is 2. The lowest BCUT2D eigenvalue weighted by molar-refractivity contribution is -0.138. The first-order valence-corrected chi connectivity index (χ1v) is 10.0. The van der Waals surface area contributed by atoms with Gasteiger partial charge in [0.2, 0.25) is 5.91 Å². The van der Waals surface area contributed by atoms with Gasteiger partial charge in [0.25, 0.3) is 0 Å². The van der Waals surface area contributed by atoms with Gasteiger partial charge in [0.15, 0.2) is 5.78 Å². The molecular weight excluding hydrogens is 386 g/mol. The minimum atomic E-state index is -1.08. The standard InChI is InChI=1S/C23H22ClN3O2/c1-3-27(4-2)23(29)20-21(19-16(13-25)11-8-12-18(19)24)26-14-17(22(20)28)15-9-6-5-7-10-15/h5-12,17,20H,3-4,14H2,1-2H3. The molecule has 1 amide bonds. The van der Waals surface area contributed by atoms with Gasteiger partial charge in [0.1, 0.15) is 5.92 Å². The van der Waals surface area contributed by atoms with E-state index in [-0.39, 0.29) is 18.2 Å². The number of nitriles is 1. The summed E-state index contributed by atoms with van der Waals surface area (Å²) >= 11 is 6.39. The predicted molar refractivity (Wildman–Crippen MR) is 113 cm³/mol. The number of halogens is 1. The highest BCUT2D eigenvalue weighted by Crippen LogP contribution is 2.33. The Kier molecular flexibility index (Phi) is 6.46. The second kappa shape index (κ2) is 9.02. The predicted octanol–water partition coefficient (Wildman–Crippen LogP) is 3.85. The van der Waals surface area contributed by atoms with E-state index in [0.29, 0.717) is 35.0 Å². The van der Waals surface area contributed by atoms with Gasteiger partial charge in [-0.05, 0) is 31.5 Å². The molecule has 0 saturated heterocycles. The van der Waals surface area contributed by atoms with Gasteiger partial charge in [0.05, 0.1) is 34.8 Å². The van der Waals surface area contributed by atoms with E-state index in [1.165, 1.54) is 0 Å². The Bertz CT molecular complexity index is 991. The SMILES string of the molecule is CCN(CC)C(=O)C1C(=O)C(c2ccccc2)CN=C1c1c(Cl)cccc1C#N. The summed E-state index contributed by atoms with van der Waals surface area (Å²) in [5.74, 6) is -2.09. The molecule has 0 N–H and O–H groups in total. The average molecular weight is 408 g/mol. The molecule has 2 aromatic rings. The van der Waals surface area contributed by atoms with Crippen LogP contribution in [-0.4, -0.2) is 41.9 Å². The van der Waals surface area contributed by atoms with E-state index in [1.807, 2.05) is 44.2 Å². The number of carbonyl (C=O) groups excluding carboxylic acids is 2. The highest BCUT2D eigenvalue weighted by molar-refractivity contribution is 6.37. The van der Waals surface area contributed by atoms with Gasteiger partial charge >= 0.3 is 0 Å². The van der Waals surface area contributed by atoms with Crippen molar-refractivity contribution in [3.63, 3.8) is 0 Å². The fourth-order valence-electron chi connectivity index (χ4n) is 3.72. The molecule has 1 heterocycles. The third-order valence-corrected chi connectivity index (χ3v) is 5.57. The van der Waals surface area contributed by atoms with Crippen LogP contribution in [0, 0.1) is 17.2 Å². The molecule has 0 spiro atoms. The zero-order valence-electron chi connectivity index (χ0n) is 16.4. The maximum absolute atomic E-state index is 13.5. The van der Waals surface area contributed by atoms with Gasteiger partial charge in [-0.2, -0.15) is 5.26 Å². The summed E-state index contributed by atoms with van der Waals surface area (Å²) in [6.45, 7) is 4.93. The van der Waals surface area contributed by atoms with Crippen LogP contribution in [0.2, 0.25) is 5.02 Å². The van der Waals surface area contributed by atoms with Crippen LogP contribution >= 0.6 is 11.6 Å². The third kappa shape index (κ3) is 3.94. The molecule has 29 heavy (non-hydrogen) atoms. The molecule has 6 heteroatoms. The number of rotatable bonds is 5. The number of ketones is 1. The summed E-state index contributed by atoms with van der Waals surface area (Å²) in [6, 6.07) is 16.4. The molecule has 3 rings (SSSR count). The Hall–Kier alpha value is -2.97. The molecule has 0 fully saturated rings. The molecule has 0 aromatic heterocycles. The van der Waals surface area contributed by atoms with Gasteiger partial charge in [-0.1, -0.05) is 48.0 Å². The van der Waals surface area contributed by atoms with Crippen molar-refractivity contribution in [2.45, 2.75) is 19.8 Å². The number of hydrogen-bond donors (Lipinski definition) is 0. The lowest BCUT2D eigenvalue weighted by Crippen LogP contribution is -2.47. The molecule has 0 aliphatic carbocycles. The van der Waals surface area contributed by atoms with Gasteiger partial charge in [0, 0.05) is 18.7 Å². The zero-order chi connectivity index (χ0) is 21.0. The van der Waals surface area contributed by atoms with Crippen LogP contribution in [-0.2, 0) is 9.59 Å². The number of carbonyl (C=O) groups is 2. The van der Waals surface area contributed by atoms with Crippen LogP contribution in [0.4, 0.5) is 0 Å². The van der Waals surface area contributed by atoms with Crippen molar-refractivity contribution in [2.75, 3.05) is 19.6 Å². The Balaban J connectivity index is 2.16. The van der Waals surface area contributed by atoms with Crippen LogP contribution in [0.15, 0.2) is 53.5 Å². The number of nitrogens with zero attached hydrogens (tertiary/aromatic N) is 3. The third-order valence-electron chi connectivity index (χ3n) is 5.26. The molecule has 0 bridgehead atoms. The smallest absolute Gasteiger partial charge is 0.239 e. The van der Waals surface area contributed by atoms with Crippen molar-refractivity contribution in [2.24, 2.45) is 10.9 Å². The second-order valence-electron chi connectivity index (χ2n) is 6.81. The van der Waals surface area contributed by atoms with E-state index < -0.39 is 11.8 Å². The summed E-state index contributed by atoms with van der Waals surface area (Å²) in [5.41, 5.74) is 1.81. The maximum Gasteiger partial charge on any atom is 0.239 e. The number of aliphatic imine (C=N–C) groups is 1. The van der Waals surface area contributed by atoms with Gasteiger partial charge in [-0.25, -0.2) is 0 Å². The fourth-order valence-corrected chi connectivity index (χ4v) is 3.99. The van der Waals surface area contributed by atoms with Crippen molar-refractivity contribution < 1.29 is 9.59 Å². The quantitative estimate of drug-likeness (QED) is 0.706. The molecule has 1 aliphatic heterocycles. The number of amides is 1. The van der Waals surface area contributed by atoms with E-state index in [0.717, 1.165) is 5.56 Å². The van der Waals surface area contributed by atoms with E-state index >= 15 is 0 Å². The van der Waals surface area contributed by atoms with E-state index in [4.69, 9.17) is 11.6 Å². The summed E-state index contributed by atoms with van der Waals surface area (Å²) in [5, 5.41) is 9.86. The molecule has 0 radical (unpaired) electrons. The van der Waals surface area contributed by atoms with Crippen molar-refractivity contribution in [1.29, 1.82) is 5.26 Å². The van der Waals surface area contributed by atoms with Crippen LogP contribution in [0.3, 0.4) is 0 Å². The van der Waals surface area contributed by atoms with Crippen LogP contribution in [0.5, 0.6) is 0 Å². The van der Waals surface area contributed by atoms with Crippen molar-refractivity contribution in [3.8, 4) is 6.07 Å². The zero-order valence-corrected chi connectivity index (χ0v) is 17.2. The Morgan fingerprint density at radius 2 is 1.86 bits per heavy atom. The highest BCUT2D eigenvalue weighted by Gasteiger charge is 2.43. The maximum atomic E-state index is 13.5. The summed E-state index contributed by atoms with van der Waals surface area (Å²) < 4.78 is 0. The minimum Gasteiger partial charge on any atom is -0.342 e. The molecule has 0 saturated carbocycles. The first kappa shape index (κ1) is 20.8. The van der Waals surface area contributed by atoms with E-state index in [2.05, 4.69) is 11.1 Å². The van der Waals surface area contributed by atoms with Crippen LogP contribution in [0.1, 0.15) is 36.5 Å². The molecule has 2 aromatic carbocycles. The Morgan fingerprint density at radius 1 is 1.17 bits per heavy atom. The summed E-state index contributed by atoms with van der Waals surface area (Å²) in [4.78, 5) is 33.1. The molecular formula is C23H22ClN3O2. The summed E-state index contributed by atoms with van der Waals surface area (Å²) in [7, 11) is 0. The minimum absolute atomic E-state index is 0.207. The monoisotopic (exact) mass is 407 g/mol. The van der Waals surface area contributed by atoms with E-state index in [9.17, 15) is 14.9 Å². The molecule has 5 nitrogen and oxygen atoms in total. The van der Waals surface area contributed by atoms with Crippen molar-refractivity contribution >= 4 is 29.0 Å². The molecule has 1 aliphatic rings. The normalized spacial score (nSPS) is 18.7. The molecule has 148 valence electrons. The molecule has 2 unspecified atom stereocenters. The fraction of sp³-hybridized carbons (Fsp3) is 0.304. The van der Waals surface area contributed by atoms with Crippen LogP contribution in [0.25, 0.3) is 0 Å². The number of hydrogen-bond acceptors (Lipinski definition) is 4. The summed E-state index contributed by atoms with van der Waals surface area (Å²) in [6.07, 6.45) is 0. The Labute approximate surface area is 175 Å². The van der Waals surface area contributed by atoms with Gasteiger partial charge < -0.3 is 4.90 Å².